The first kappa shape index (κ1) is 14.9. The van der Waals surface area contributed by atoms with E-state index in [0.717, 1.165) is 17.4 Å². The van der Waals surface area contributed by atoms with Gasteiger partial charge in [-0.3, -0.25) is 0 Å². The highest BCUT2D eigenvalue weighted by Gasteiger charge is 2.28. The first-order valence-electron chi connectivity index (χ1n) is 7.33. The van der Waals surface area contributed by atoms with Gasteiger partial charge in [-0.15, -0.1) is 0 Å². The minimum absolute atomic E-state index is 0.448. The Bertz CT molecular complexity index is 564. The lowest BCUT2D eigenvalue weighted by Gasteiger charge is -2.33. The molecule has 21 heavy (non-hydrogen) atoms. The Balaban J connectivity index is 1.54. The second-order valence-corrected chi connectivity index (χ2v) is 6.37. The van der Waals surface area contributed by atoms with E-state index in [-0.39, 0.29) is 0 Å². The zero-order valence-corrected chi connectivity index (χ0v) is 14.0. The molecule has 2 nitrogen and oxygen atoms in total. The van der Waals surface area contributed by atoms with Crippen molar-refractivity contribution in [3.8, 4) is 11.5 Å². The molecule has 1 aliphatic carbocycles. The second-order valence-electron chi connectivity index (χ2n) is 5.49. The third-order valence-electron chi connectivity index (χ3n) is 3.77. The molecule has 0 saturated heterocycles. The molecule has 0 spiro atoms. The van der Waals surface area contributed by atoms with Gasteiger partial charge in [-0.05, 0) is 48.6 Å². The molecule has 0 unspecified atom stereocenters. The number of alkyl halides is 1. The van der Waals surface area contributed by atoms with Gasteiger partial charge in [0.2, 0.25) is 0 Å². The van der Waals surface area contributed by atoms with Crippen molar-refractivity contribution in [3.05, 3.63) is 60.2 Å². The summed E-state index contributed by atoms with van der Waals surface area (Å²) in [5.74, 6) is 2.59. The lowest BCUT2D eigenvalue weighted by molar-refractivity contribution is -0.0333. The molecule has 2 aromatic rings. The number of hydrogen-bond acceptors (Lipinski definition) is 2. The quantitative estimate of drug-likeness (QED) is 0.495. The van der Waals surface area contributed by atoms with Crippen molar-refractivity contribution < 1.29 is 9.47 Å². The Morgan fingerprint density at radius 3 is 2.48 bits per heavy atom. The number of benzene rings is 2. The van der Waals surface area contributed by atoms with Crippen LogP contribution in [-0.2, 0) is 11.3 Å². The van der Waals surface area contributed by atoms with E-state index in [2.05, 4.69) is 34.7 Å². The topological polar surface area (TPSA) is 18.5 Å². The summed E-state index contributed by atoms with van der Waals surface area (Å²) >= 11 is 2.46. The molecule has 0 atom stereocenters. The Hall–Kier alpha value is -1.07. The molecule has 0 heterocycles. The van der Waals surface area contributed by atoms with E-state index in [1.165, 1.54) is 22.8 Å². The average Bonchev–Trinajstić information content (AvgIpc) is 2.47. The van der Waals surface area contributed by atoms with Crippen LogP contribution in [0.3, 0.4) is 0 Å². The third-order valence-corrected chi connectivity index (χ3v) is 5.02. The maximum absolute atomic E-state index is 5.94. The van der Waals surface area contributed by atoms with Gasteiger partial charge >= 0.3 is 0 Å². The highest BCUT2D eigenvalue weighted by atomic mass is 127. The predicted molar refractivity (Wildman–Crippen MR) is 93.1 cm³/mol. The molecule has 0 amide bonds. The van der Waals surface area contributed by atoms with E-state index in [9.17, 15) is 0 Å². The van der Waals surface area contributed by atoms with Gasteiger partial charge in [0.25, 0.3) is 0 Å². The summed E-state index contributed by atoms with van der Waals surface area (Å²) in [5.41, 5.74) is 1.17. The van der Waals surface area contributed by atoms with Gasteiger partial charge in [0, 0.05) is 4.43 Å². The third kappa shape index (κ3) is 4.20. The Labute approximate surface area is 139 Å². The fourth-order valence-corrected chi connectivity index (χ4v) is 3.19. The van der Waals surface area contributed by atoms with E-state index < -0.39 is 0 Å². The number of rotatable bonds is 6. The molecule has 2 aromatic carbocycles. The van der Waals surface area contributed by atoms with Crippen LogP contribution in [0.2, 0.25) is 0 Å². The van der Waals surface area contributed by atoms with Crippen molar-refractivity contribution >= 4 is 22.6 Å². The number of para-hydroxylation sites is 1. The maximum atomic E-state index is 5.94. The lowest BCUT2D eigenvalue weighted by Crippen LogP contribution is -2.31. The monoisotopic (exact) mass is 394 g/mol. The number of hydrogen-bond donors (Lipinski definition) is 0. The van der Waals surface area contributed by atoms with E-state index in [0.29, 0.717) is 12.7 Å². The minimum atomic E-state index is 0.448. The Morgan fingerprint density at radius 2 is 1.71 bits per heavy atom. The standard InChI is InChI=1S/C18H19IO2/c19-12-15-10-18(11-15)20-13-14-5-4-8-17(9-14)21-16-6-2-1-3-7-16/h1-9,15,18H,10-13H2/t15-,18+. The molecule has 1 aliphatic rings. The SMILES string of the molecule is IC[C@H]1C[C@@H](OCc2cccc(Oc3ccccc3)c2)C1. The highest BCUT2D eigenvalue weighted by molar-refractivity contribution is 14.1. The van der Waals surface area contributed by atoms with Crippen molar-refractivity contribution in [3.63, 3.8) is 0 Å². The molecule has 0 N–H and O–H groups in total. The molecular formula is C18H19IO2. The molecule has 0 aromatic heterocycles. The van der Waals surface area contributed by atoms with Crippen molar-refractivity contribution in [1.82, 2.24) is 0 Å². The van der Waals surface area contributed by atoms with E-state index in [4.69, 9.17) is 9.47 Å². The zero-order chi connectivity index (χ0) is 14.5. The highest BCUT2D eigenvalue weighted by Crippen LogP contribution is 2.32. The Kier molecular flexibility index (Phi) is 5.14. The van der Waals surface area contributed by atoms with E-state index in [1.54, 1.807) is 0 Å². The smallest absolute Gasteiger partial charge is 0.127 e. The van der Waals surface area contributed by atoms with Gasteiger partial charge in [0.05, 0.1) is 12.7 Å². The summed E-state index contributed by atoms with van der Waals surface area (Å²) < 4.78 is 13.0. The van der Waals surface area contributed by atoms with Gasteiger partial charge in [0.15, 0.2) is 0 Å². The fourth-order valence-electron chi connectivity index (χ4n) is 2.47. The first-order valence-corrected chi connectivity index (χ1v) is 8.85. The van der Waals surface area contributed by atoms with Crippen LogP contribution >= 0.6 is 22.6 Å². The molecule has 1 saturated carbocycles. The second kappa shape index (κ2) is 7.27. The Morgan fingerprint density at radius 1 is 0.952 bits per heavy atom. The van der Waals surface area contributed by atoms with Crippen LogP contribution in [0, 0.1) is 5.92 Å². The van der Waals surface area contributed by atoms with Gasteiger partial charge in [-0.25, -0.2) is 0 Å². The summed E-state index contributed by atoms with van der Waals surface area (Å²) in [4.78, 5) is 0. The largest absolute Gasteiger partial charge is 0.457 e. The summed E-state index contributed by atoms with van der Waals surface area (Å²) in [6.45, 7) is 0.671. The molecule has 1 fully saturated rings. The summed E-state index contributed by atoms with van der Waals surface area (Å²) in [6, 6.07) is 18.0. The van der Waals surface area contributed by atoms with Crippen LogP contribution in [0.15, 0.2) is 54.6 Å². The van der Waals surface area contributed by atoms with Gasteiger partial charge in [-0.2, -0.15) is 0 Å². The van der Waals surface area contributed by atoms with Crippen LogP contribution in [0.1, 0.15) is 18.4 Å². The van der Waals surface area contributed by atoms with Crippen molar-refractivity contribution in [2.24, 2.45) is 5.92 Å². The lowest BCUT2D eigenvalue weighted by atomic mass is 9.84. The average molecular weight is 394 g/mol. The van der Waals surface area contributed by atoms with E-state index >= 15 is 0 Å². The molecule has 3 heteroatoms. The van der Waals surface area contributed by atoms with Crippen LogP contribution < -0.4 is 4.74 Å². The number of halogens is 1. The van der Waals surface area contributed by atoms with Gasteiger partial charge < -0.3 is 9.47 Å². The molecule has 0 aliphatic heterocycles. The predicted octanol–water partition coefficient (Wildman–Crippen LogP) is 5.21. The van der Waals surface area contributed by atoms with Crippen LogP contribution in [0.25, 0.3) is 0 Å². The van der Waals surface area contributed by atoms with Crippen molar-refractivity contribution in [2.75, 3.05) is 4.43 Å². The molecule has 0 bridgehead atoms. The first-order chi connectivity index (χ1) is 10.3. The van der Waals surface area contributed by atoms with E-state index in [1.807, 2.05) is 42.5 Å². The van der Waals surface area contributed by atoms with Crippen molar-refractivity contribution in [2.45, 2.75) is 25.6 Å². The molecular weight excluding hydrogens is 375 g/mol. The van der Waals surface area contributed by atoms with Crippen LogP contribution in [0.4, 0.5) is 0 Å². The van der Waals surface area contributed by atoms with Crippen molar-refractivity contribution in [1.29, 1.82) is 0 Å². The fraction of sp³-hybridized carbons (Fsp3) is 0.333. The van der Waals surface area contributed by atoms with Crippen LogP contribution in [-0.4, -0.2) is 10.5 Å². The summed E-state index contributed by atoms with van der Waals surface area (Å²) in [7, 11) is 0. The minimum Gasteiger partial charge on any atom is -0.457 e. The van der Waals surface area contributed by atoms with Gasteiger partial charge in [-0.1, -0.05) is 52.9 Å². The summed E-state index contributed by atoms with van der Waals surface area (Å²) in [6.07, 6.45) is 2.87. The zero-order valence-electron chi connectivity index (χ0n) is 11.9. The number of ether oxygens (including phenoxy) is 2. The molecule has 3 rings (SSSR count). The van der Waals surface area contributed by atoms with Crippen LogP contribution in [0.5, 0.6) is 11.5 Å². The molecule has 0 radical (unpaired) electrons. The normalized spacial score (nSPS) is 20.8. The van der Waals surface area contributed by atoms with Gasteiger partial charge in [0.1, 0.15) is 11.5 Å². The summed E-state index contributed by atoms with van der Waals surface area (Å²) in [5, 5.41) is 0. The molecule has 110 valence electrons. The maximum Gasteiger partial charge on any atom is 0.127 e.